The van der Waals surface area contributed by atoms with Crippen LogP contribution >= 0.6 is 0 Å². The monoisotopic (exact) mass is 267 g/mol. The van der Waals surface area contributed by atoms with Crippen LogP contribution < -0.4 is 14.8 Å². The van der Waals surface area contributed by atoms with Crippen LogP contribution in [0, 0.1) is 0 Å². The van der Waals surface area contributed by atoms with E-state index in [1.807, 2.05) is 19.1 Å². The lowest BCUT2D eigenvalue weighted by molar-refractivity contribution is 0.170. The molecule has 108 valence electrons. The molecule has 1 rings (SSSR count). The van der Waals surface area contributed by atoms with Crippen molar-refractivity contribution in [1.82, 2.24) is 5.32 Å². The van der Waals surface area contributed by atoms with E-state index < -0.39 is 0 Å². The van der Waals surface area contributed by atoms with E-state index >= 15 is 0 Å². The van der Waals surface area contributed by atoms with Gasteiger partial charge in [0.2, 0.25) is 0 Å². The van der Waals surface area contributed by atoms with Gasteiger partial charge in [0.1, 0.15) is 0 Å². The third kappa shape index (κ3) is 5.94. The third-order valence-electron chi connectivity index (χ3n) is 2.64. The fourth-order valence-electron chi connectivity index (χ4n) is 1.70. The van der Waals surface area contributed by atoms with Gasteiger partial charge >= 0.3 is 0 Å². The van der Waals surface area contributed by atoms with Crippen molar-refractivity contribution in [3.63, 3.8) is 0 Å². The van der Waals surface area contributed by atoms with Crippen molar-refractivity contribution < 1.29 is 14.2 Å². The van der Waals surface area contributed by atoms with Gasteiger partial charge < -0.3 is 19.5 Å². The highest BCUT2D eigenvalue weighted by atomic mass is 16.5. The Balaban J connectivity index is 2.62. The van der Waals surface area contributed by atoms with Gasteiger partial charge in [-0.15, -0.1) is 0 Å². The quantitative estimate of drug-likeness (QED) is 0.661. The lowest BCUT2D eigenvalue weighted by Crippen LogP contribution is -2.12. The van der Waals surface area contributed by atoms with E-state index in [1.54, 1.807) is 7.11 Å². The maximum atomic E-state index is 5.73. The van der Waals surface area contributed by atoms with Crippen molar-refractivity contribution in [3.8, 4) is 11.5 Å². The highest BCUT2D eigenvalue weighted by Crippen LogP contribution is 2.28. The molecule has 19 heavy (non-hydrogen) atoms. The topological polar surface area (TPSA) is 39.7 Å². The van der Waals surface area contributed by atoms with Gasteiger partial charge in [-0.3, -0.25) is 0 Å². The second kappa shape index (κ2) is 9.64. The second-order valence-electron chi connectivity index (χ2n) is 4.19. The predicted molar refractivity (Wildman–Crippen MR) is 77.0 cm³/mol. The van der Waals surface area contributed by atoms with Crippen molar-refractivity contribution in [1.29, 1.82) is 0 Å². The Bertz CT molecular complexity index is 355. The molecule has 0 saturated carbocycles. The normalized spacial score (nSPS) is 10.5. The molecular weight excluding hydrogens is 242 g/mol. The van der Waals surface area contributed by atoms with E-state index in [9.17, 15) is 0 Å². The second-order valence-corrected chi connectivity index (χ2v) is 4.19. The molecule has 0 aromatic heterocycles. The van der Waals surface area contributed by atoms with Crippen LogP contribution in [0.4, 0.5) is 0 Å². The Hall–Kier alpha value is -1.26. The molecule has 0 radical (unpaired) electrons. The van der Waals surface area contributed by atoms with E-state index in [2.05, 4.69) is 18.3 Å². The molecule has 1 N–H and O–H groups in total. The summed E-state index contributed by atoms with van der Waals surface area (Å²) in [6, 6.07) is 6.08. The molecule has 0 aliphatic carbocycles. The summed E-state index contributed by atoms with van der Waals surface area (Å²) in [5.41, 5.74) is 1.20. The van der Waals surface area contributed by atoms with Gasteiger partial charge in [0, 0.05) is 26.7 Å². The minimum atomic E-state index is 0.638. The molecule has 0 unspecified atom stereocenters. The first kappa shape index (κ1) is 15.8. The van der Waals surface area contributed by atoms with Crippen molar-refractivity contribution in [2.75, 3.05) is 33.5 Å². The number of methoxy groups -OCH3 is 1. The van der Waals surface area contributed by atoms with E-state index in [1.165, 1.54) is 5.56 Å². The summed E-state index contributed by atoms with van der Waals surface area (Å²) < 4.78 is 16.4. The van der Waals surface area contributed by atoms with E-state index in [0.717, 1.165) is 31.0 Å². The number of nitrogens with one attached hydrogen (secondary N) is 1. The van der Waals surface area contributed by atoms with Crippen LogP contribution in [0.3, 0.4) is 0 Å². The fourth-order valence-corrected chi connectivity index (χ4v) is 1.70. The maximum absolute atomic E-state index is 5.73. The molecule has 1 aromatic carbocycles. The number of hydrogen-bond donors (Lipinski definition) is 1. The van der Waals surface area contributed by atoms with Crippen molar-refractivity contribution in [2.24, 2.45) is 0 Å². The third-order valence-corrected chi connectivity index (χ3v) is 2.64. The standard InChI is InChI=1S/C15H25NO3/c1-4-16-12-13-7-8-14(15(11-13)18-5-2)19-10-6-9-17-3/h7-8,11,16H,4-6,9-10,12H2,1-3H3. The Morgan fingerprint density at radius 3 is 2.58 bits per heavy atom. The smallest absolute Gasteiger partial charge is 0.161 e. The van der Waals surface area contributed by atoms with Crippen LogP contribution in [0.15, 0.2) is 18.2 Å². The van der Waals surface area contributed by atoms with Crippen LogP contribution in [0.25, 0.3) is 0 Å². The van der Waals surface area contributed by atoms with Gasteiger partial charge in [0.05, 0.1) is 13.2 Å². The zero-order valence-electron chi connectivity index (χ0n) is 12.2. The summed E-state index contributed by atoms with van der Waals surface area (Å²) in [4.78, 5) is 0. The van der Waals surface area contributed by atoms with Crippen LogP contribution in [-0.4, -0.2) is 33.5 Å². The Labute approximate surface area is 116 Å². The largest absolute Gasteiger partial charge is 0.490 e. The summed E-state index contributed by atoms with van der Waals surface area (Å²) >= 11 is 0. The van der Waals surface area contributed by atoms with Crippen LogP contribution in [0.2, 0.25) is 0 Å². The molecule has 4 nitrogen and oxygen atoms in total. The van der Waals surface area contributed by atoms with Crippen molar-refractivity contribution in [2.45, 2.75) is 26.8 Å². The van der Waals surface area contributed by atoms with Gasteiger partial charge in [-0.25, -0.2) is 0 Å². The molecule has 0 heterocycles. The van der Waals surface area contributed by atoms with Crippen molar-refractivity contribution in [3.05, 3.63) is 23.8 Å². The van der Waals surface area contributed by atoms with Crippen LogP contribution in [0.5, 0.6) is 11.5 Å². The molecule has 0 aliphatic rings. The minimum absolute atomic E-state index is 0.638. The van der Waals surface area contributed by atoms with Gasteiger partial charge in [-0.1, -0.05) is 13.0 Å². The molecular formula is C15H25NO3. The van der Waals surface area contributed by atoms with Gasteiger partial charge in [-0.05, 0) is 31.2 Å². The maximum Gasteiger partial charge on any atom is 0.161 e. The summed E-state index contributed by atoms with van der Waals surface area (Å²) in [6.45, 7) is 7.87. The predicted octanol–water partition coefficient (Wildman–Crippen LogP) is 2.61. The zero-order chi connectivity index (χ0) is 13.9. The fraction of sp³-hybridized carbons (Fsp3) is 0.600. The lowest BCUT2D eigenvalue weighted by Gasteiger charge is -2.13. The van der Waals surface area contributed by atoms with Gasteiger partial charge in [0.25, 0.3) is 0 Å². The number of rotatable bonds is 10. The molecule has 0 fully saturated rings. The zero-order valence-corrected chi connectivity index (χ0v) is 12.2. The number of benzene rings is 1. The van der Waals surface area contributed by atoms with Gasteiger partial charge in [-0.2, -0.15) is 0 Å². The SMILES string of the molecule is CCNCc1ccc(OCCCOC)c(OCC)c1. The summed E-state index contributed by atoms with van der Waals surface area (Å²) in [5, 5.41) is 3.30. The van der Waals surface area contributed by atoms with E-state index in [4.69, 9.17) is 14.2 Å². The highest BCUT2D eigenvalue weighted by molar-refractivity contribution is 5.43. The summed E-state index contributed by atoms with van der Waals surface area (Å²) in [6.07, 6.45) is 0.876. The molecule has 0 aliphatic heterocycles. The van der Waals surface area contributed by atoms with E-state index in [0.29, 0.717) is 19.8 Å². The number of hydrogen-bond acceptors (Lipinski definition) is 4. The molecule has 0 amide bonds. The average Bonchev–Trinajstić information content (AvgIpc) is 2.43. The molecule has 1 aromatic rings. The average molecular weight is 267 g/mol. The first-order chi connectivity index (χ1) is 9.31. The summed E-state index contributed by atoms with van der Waals surface area (Å²) in [7, 11) is 1.70. The molecule has 4 heteroatoms. The molecule has 0 spiro atoms. The van der Waals surface area contributed by atoms with Crippen molar-refractivity contribution >= 4 is 0 Å². The highest BCUT2D eigenvalue weighted by Gasteiger charge is 2.06. The Kier molecular flexibility index (Phi) is 8.02. The minimum Gasteiger partial charge on any atom is -0.490 e. The first-order valence-electron chi connectivity index (χ1n) is 6.90. The lowest BCUT2D eigenvalue weighted by atomic mass is 10.2. The summed E-state index contributed by atoms with van der Waals surface area (Å²) in [5.74, 6) is 1.62. The van der Waals surface area contributed by atoms with Crippen LogP contribution in [-0.2, 0) is 11.3 Å². The van der Waals surface area contributed by atoms with Crippen LogP contribution in [0.1, 0.15) is 25.8 Å². The number of ether oxygens (including phenoxy) is 3. The van der Waals surface area contributed by atoms with E-state index in [-0.39, 0.29) is 0 Å². The molecule has 0 bridgehead atoms. The Morgan fingerprint density at radius 2 is 1.89 bits per heavy atom. The Morgan fingerprint density at radius 1 is 1.05 bits per heavy atom. The molecule has 0 atom stereocenters. The molecule has 0 saturated heterocycles. The first-order valence-corrected chi connectivity index (χ1v) is 6.90. The van der Waals surface area contributed by atoms with Gasteiger partial charge in [0.15, 0.2) is 11.5 Å².